The van der Waals surface area contributed by atoms with E-state index in [1.165, 1.54) is 13.8 Å². The third kappa shape index (κ3) is 4.08. The molecule has 0 N–H and O–H groups in total. The molecule has 0 saturated heterocycles. The zero-order valence-corrected chi connectivity index (χ0v) is 14.3. The molecule has 1 atom stereocenters. The van der Waals surface area contributed by atoms with Crippen LogP contribution in [-0.2, 0) is 14.3 Å². The minimum atomic E-state index is -4.55. The second-order valence-corrected chi connectivity index (χ2v) is 5.99. The van der Waals surface area contributed by atoms with E-state index in [0.29, 0.717) is 0 Å². The number of hydrogen-bond donors (Lipinski definition) is 0. The summed E-state index contributed by atoms with van der Waals surface area (Å²) in [6.07, 6.45) is -6.25. The largest absolute Gasteiger partial charge is 0.493 e. The number of esters is 1. The van der Waals surface area contributed by atoms with Crippen LogP contribution in [0.25, 0.3) is 5.57 Å². The van der Waals surface area contributed by atoms with Gasteiger partial charge in [-0.05, 0) is 26.0 Å². The van der Waals surface area contributed by atoms with Crippen LogP contribution in [0.2, 0.25) is 0 Å². The molecular weight excluding hydrogens is 363 g/mol. The van der Waals surface area contributed by atoms with Crippen LogP contribution in [0.15, 0.2) is 17.9 Å². The maximum atomic E-state index is 14.0. The first-order valence-corrected chi connectivity index (χ1v) is 7.69. The first-order chi connectivity index (χ1) is 12.0. The highest BCUT2D eigenvalue weighted by Gasteiger charge is 2.48. The van der Waals surface area contributed by atoms with E-state index in [1.807, 2.05) is 0 Å². The number of halogens is 5. The lowest BCUT2D eigenvalue weighted by molar-refractivity contribution is -0.176. The molecule has 26 heavy (non-hydrogen) atoms. The van der Waals surface area contributed by atoms with Crippen molar-refractivity contribution < 1.29 is 41.0 Å². The van der Waals surface area contributed by atoms with Crippen LogP contribution in [-0.4, -0.2) is 31.5 Å². The van der Waals surface area contributed by atoms with Crippen molar-refractivity contribution in [2.45, 2.75) is 38.5 Å². The average Bonchev–Trinajstić information content (AvgIpc) is 2.85. The van der Waals surface area contributed by atoms with Crippen LogP contribution >= 0.6 is 0 Å². The molecule has 0 amide bonds. The number of hydrogen-bond acceptors (Lipinski definition) is 4. The molecular formula is C17H17F5O4. The number of ether oxygens (including phenoxy) is 3. The molecule has 0 aliphatic carbocycles. The van der Waals surface area contributed by atoms with E-state index < -0.39 is 47.3 Å². The molecule has 0 aromatic heterocycles. The average molecular weight is 380 g/mol. The van der Waals surface area contributed by atoms with Crippen LogP contribution in [0.1, 0.15) is 32.3 Å². The highest BCUT2D eigenvalue weighted by Crippen LogP contribution is 2.47. The molecule has 1 heterocycles. The van der Waals surface area contributed by atoms with Gasteiger partial charge in [-0.15, -0.1) is 0 Å². The predicted molar refractivity (Wildman–Crippen MR) is 81.2 cm³/mol. The van der Waals surface area contributed by atoms with Crippen LogP contribution < -0.4 is 4.74 Å². The number of benzene rings is 1. The van der Waals surface area contributed by atoms with Gasteiger partial charge in [0.1, 0.15) is 5.60 Å². The minimum Gasteiger partial charge on any atom is -0.493 e. The Balaban J connectivity index is 2.55. The zero-order chi connectivity index (χ0) is 19.7. The van der Waals surface area contributed by atoms with Crippen LogP contribution in [0.5, 0.6) is 5.75 Å². The highest BCUT2D eigenvalue weighted by molar-refractivity contribution is 5.97. The van der Waals surface area contributed by atoms with Gasteiger partial charge in [0.15, 0.2) is 11.6 Å². The molecule has 0 bridgehead atoms. The third-order valence-electron chi connectivity index (χ3n) is 3.79. The summed E-state index contributed by atoms with van der Waals surface area (Å²) in [7, 11) is 1.08. The minimum absolute atomic E-state index is 0.0362. The fourth-order valence-electron chi connectivity index (χ4n) is 2.87. The summed E-state index contributed by atoms with van der Waals surface area (Å²) in [6.45, 7) is 2.66. The van der Waals surface area contributed by atoms with Crippen molar-refractivity contribution in [3.63, 3.8) is 0 Å². The van der Waals surface area contributed by atoms with E-state index in [2.05, 4.69) is 0 Å². The van der Waals surface area contributed by atoms with Crippen LogP contribution in [0.4, 0.5) is 22.0 Å². The van der Waals surface area contributed by atoms with Gasteiger partial charge in [-0.1, -0.05) is 0 Å². The summed E-state index contributed by atoms with van der Waals surface area (Å²) < 4.78 is 81.0. The van der Waals surface area contributed by atoms with Gasteiger partial charge in [-0.25, -0.2) is 9.18 Å². The molecule has 0 saturated carbocycles. The Labute approximate surface area is 146 Å². The Morgan fingerprint density at radius 2 is 1.96 bits per heavy atom. The van der Waals surface area contributed by atoms with Crippen LogP contribution in [0.3, 0.4) is 0 Å². The lowest BCUT2D eigenvalue weighted by Crippen LogP contribution is -2.32. The van der Waals surface area contributed by atoms with Gasteiger partial charge in [0, 0.05) is 17.6 Å². The summed E-state index contributed by atoms with van der Waals surface area (Å²) in [5.41, 5.74) is -1.89. The number of carbonyl (C=O) groups is 1. The number of carbonyl (C=O) groups excluding carboxylic acids is 1. The summed E-state index contributed by atoms with van der Waals surface area (Å²) in [5, 5.41) is 0. The normalized spacial score (nSPS) is 20.2. The molecule has 9 heteroatoms. The predicted octanol–water partition coefficient (Wildman–Crippen LogP) is 4.38. The van der Waals surface area contributed by atoms with Gasteiger partial charge in [-0.2, -0.15) is 17.6 Å². The van der Waals surface area contributed by atoms with E-state index in [-0.39, 0.29) is 24.2 Å². The Bertz CT molecular complexity index is 741. The van der Waals surface area contributed by atoms with Crippen molar-refractivity contribution in [1.29, 1.82) is 0 Å². The van der Waals surface area contributed by atoms with Crippen molar-refractivity contribution in [1.82, 2.24) is 0 Å². The molecule has 1 aliphatic heterocycles. The van der Waals surface area contributed by atoms with Gasteiger partial charge < -0.3 is 14.2 Å². The summed E-state index contributed by atoms with van der Waals surface area (Å²) in [4.78, 5) is 12.1. The Kier molecular flexibility index (Phi) is 5.48. The Morgan fingerprint density at radius 3 is 2.50 bits per heavy atom. The van der Waals surface area contributed by atoms with Crippen molar-refractivity contribution in [2.24, 2.45) is 0 Å². The lowest BCUT2D eigenvalue weighted by atomic mass is 9.90. The zero-order valence-electron chi connectivity index (χ0n) is 14.3. The van der Waals surface area contributed by atoms with Gasteiger partial charge in [0.2, 0.25) is 11.6 Å². The fraction of sp³-hybridized carbons (Fsp3) is 0.471. The molecule has 2 rings (SSSR count). The van der Waals surface area contributed by atoms with Crippen molar-refractivity contribution in [3.8, 4) is 5.75 Å². The highest BCUT2D eigenvalue weighted by atomic mass is 19.4. The third-order valence-corrected chi connectivity index (χ3v) is 3.79. The second kappa shape index (κ2) is 7.13. The Hall–Kier alpha value is -2.32. The van der Waals surface area contributed by atoms with Gasteiger partial charge in [0.05, 0.1) is 20.1 Å². The molecule has 1 unspecified atom stereocenters. The topological polar surface area (TPSA) is 44.8 Å². The number of alkyl halides is 3. The monoisotopic (exact) mass is 380 g/mol. The maximum Gasteiger partial charge on any atom is 0.392 e. The van der Waals surface area contributed by atoms with E-state index in [4.69, 9.17) is 14.2 Å². The molecule has 0 radical (unpaired) electrons. The molecule has 1 aromatic carbocycles. The number of rotatable bonds is 5. The molecule has 0 fully saturated rings. The summed E-state index contributed by atoms with van der Waals surface area (Å²) >= 11 is 0. The quantitative estimate of drug-likeness (QED) is 0.562. The standard InChI is InChI=1S/C17H17F5O4/c1-4-25-15(23)14-10(7-16(2,26-14)8-17(20,21)22)9-5-6-11(18)12(19)13(9)24-3/h5-6H,4,7-8H2,1-3H3. The van der Waals surface area contributed by atoms with Crippen molar-refractivity contribution in [2.75, 3.05) is 13.7 Å². The first-order valence-electron chi connectivity index (χ1n) is 7.69. The van der Waals surface area contributed by atoms with Crippen LogP contribution in [0, 0.1) is 11.6 Å². The van der Waals surface area contributed by atoms with E-state index in [9.17, 15) is 26.7 Å². The van der Waals surface area contributed by atoms with E-state index in [0.717, 1.165) is 19.2 Å². The van der Waals surface area contributed by atoms with Crippen molar-refractivity contribution in [3.05, 3.63) is 35.1 Å². The Morgan fingerprint density at radius 1 is 1.31 bits per heavy atom. The summed E-state index contributed by atoms with van der Waals surface area (Å²) in [5.74, 6) is -4.49. The van der Waals surface area contributed by atoms with Gasteiger partial charge in [-0.3, -0.25) is 0 Å². The van der Waals surface area contributed by atoms with Gasteiger partial charge in [0.25, 0.3) is 0 Å². The lowest BCUT2D eigenvalue weighted by Gasteiger charge is -2.26. The second-order valence-electron chi connectivity index (χ2n) is 5.99. The molecule has 1 aliphatic rings. The number of methoxy groups -OCH3 is 1. The fourth-order valence-corrected chi connectivity index (χ4v) is 2.87. The van der Waals surface area contributed by atoms with Crippen molar-refractivity contribution >= 4 is 11.5 Å². The van der Waals surface area contributed by atoms with Gasteiger partial charge >= 0.3 is 12.1 Å². The molecule has 0 spiro atoms. The molecule has 4 nitrogen and oxygen atoms in total. The first kappa shape index (κ1) is 20.0. The smallest absolute Gasteiger partial charge is 0.392 e. The SMILES string of the molecule is CCOC(=O)C1=C(c2ccc(F)c(F)c2OC)CC(C)(CC(F)(F)F)O1. The summed E-state index contributed by atoms with van der Waals surface area (Å²) in [6, 6.07) is 1.91. The maximum absolute atomic E-state index is 14.0. The van der Waals surface area contributed by atoms with E-state index in [1.54, 1.807) is 0 Å². The molecule has 1 aromatic rings. The van der Waals surface area contributed by atoms with E-state index >= 15 is 0 Å². The molecule has 144 valence electrons.